The lowest BCUT2D eigenvalue weighted by Gasteiger charge is -2.14. The predicted octanol–water partition coefficient (Wildman–Crippen LogP) is 3.01. The van der Waals surface area contributed by atoms with Crippen molar-refractivity contribution in [2.24, 2.45) is 5.73 Å². The van der Waals surface area contributed by atoms with Crippen LogP contribution in [0.3, 0.4) is 0 Å². The van der Waals surface area contributed by atoms with Gasteiger partial charge in [-0.25, -0.2) is 0 Å². The van der Waals surface area contributed by atoms with E-state index in [1.807, 2.05) is 6.07 Å². The van der Waals surface area contributed by atoms with Gasteiger partial charge >= 0.3 is 0 Å². The number of amides is 1. The van der Waals surface area contributed by atoms with E-state index in [0.717, 1.165) is 24.9 Å². The van der Waals surface area contributed by atoms with Crippen LogP contribution in [0.5, 0.6) is 23.0 Å². The molecule has 10 heteroatoms. The van der Waals surface area contributed by atoms with Crippen molar-refractivity contribution in [2.75, 3.05) is 40.7 Å². The molecule has 9 nitrogen and oxygen atoms in total. The van der Waals surface area contributed by atoms with Crippen LogP contribution in [0.4, 0.5) is 5.69 Å². The molecule has 5 N–H and O–H groups in total. The fraction of sp³-hybridized carbons (Fsp3) is 0.333. The van der Waals surface area contributed by atoms with Crippen molar-refractivity contribution < 1.29 is 23.7 Å². The van der Waals surface area contributed by atoms with E-state index >= 15 is 0 Å². The summed E-state index contributed by atoms with van der Waals surface area (Å²) in [6, 6.07) is 10.9. The molecule has 0 radical (unpaired) electrons. The first-order valence-corrected chi connectivity index (χ1v) is 10.3. The van der Waals surface area contributed by atoms with Crippen molar-refractivity contribution >= 4 is 35.7 Å². The largest absolute Gasteiger partial charge is 0.495 e. The van der Waals surface area contributed by atoms with Crippen molar-refractivity contribution in [3.63, 3.8) is 0 Å². The molecule has 2 aromatic carbocycles. The molecule has 3 rings (SSSR count). The Balaban J connectivity index is 0.000000543. The van der Waals surface area contributed by atoms with Crippen LogP contribution in [-0.2, 0) is 4.79 Å². The number of hydrogen-bond acceptors (Lipinski definition) is 8. The van der Waals surface area contributed by atoms with E-state index in [1.54, 1.807) is 37.5 Å². The number of halogens is 1. The molecule has 1 atom stereocenters. The van der Waals surface area contributed by atoms with Crippen LogP contribution in [0.2, 0.25) is 0 Å². The Morgan fingerprint density at radius 1 is 1.06 bits per heavy atom. The number of allylic oxidation sites excluding steroid dienone is 1. The summed E-state index contributed by atoms with van der Waals surface area (Å²) in [5, 5.41) is 12.6. The SMILES string of the molecule is COc1ccc(/C=C(/C#N)c2cc(OC)c(OC)c(OC)c2)cc1N.Cl.NC(=O)[C@@H]1CCCN1. The lowest BCUT2D eigenvalue weighted by Crippen LogP contribution is -2.36. The van der Waals surface area contributed by atoms with E-state index in [9.17, 15) is 10.1 Å². The van der Waals surface area contributed by atoms with Crippen molar-refractivity contribution in [3.05, 3.63) is 41.5 Å². The summed E-state index contributed by atoms with van der Waals surface area (Å²) in [7, 11) is 6.14. The van der Waals surface area contributed by atoms with Gasteiger partial charge in [-0.05, 0) is 60.9 Å². The number of nitriles is 1. The Hall–Kier alpha value is -3.61. The summed E-state index contributed by atoms with van der Waals surface area (Å²) in [5.74, 6) is 1.80. The predicted molar refractivity (Wildman–Crippen MR) is 134 cm³/mol. The Kier molecular flexibility index (Phi) is 11.6. The highest BCUT2D eigenvalue weighted by molar-refractivity contribution is 5.91. The van der Waals surface area contributed by atoms with Gasteiger partial charge in [-0.1, -0.05) is 6.07 Å². The summed E-state index contributed by atoms with van der Waals surface area (Å²) in [6.07, 6.45) is 3.72. The molecular weight excluding hydrogens is 460 g/mol. The third-order valence-electron chi connectivity index (χ3n) is 5.06. The zero-order chi connectivity index (χ0) is 24.4. The first-order chi connectivity index (χ1) is 15.9. The molecule has 0 unspecified atom stereocenters. The molecule has 34 heavy (non-hydrogen) atoms. The quantitative estimate of drug-likeness (QED) is 0.305. The topological polar surface area (TPSA) is 142 Å². The number of carbonyl (C=O) groups is 1. The summed E-state index contributed by atoms with van der Waals surface area (Å²) in [5.41, 5.74) is 13.3. The molecule has 1 aliphatic rings. The van der Waals surface area contributed by atoms with Crippen LogP contribution in [0.25, 0.3) is 11.6 Å². The summed E-state index contributed by atoms with van der Waals surface area (Å²) < 4.78 is 21.1. The highest BCUT2D eigenvalue weighted by Crippen LogP contribution is 2.40. The van der Waals surface area contributed by atoms with Gasteiger partial charge in [0, 0.05) is 0 Å². The lowest BCUT2D eigenvalue weighted by atomic mass is 10.0. The van der Waals surface area contributed by atoms with Gasteiger partial charge in [0.25, 0.3) is 0 Å². The van der Waals surface area contributed by atoms with Gasteiger partial charge in [-0.2, -0.15) is 5.26 Å². The standard InChI is InChI=1S/C19H20N2O4.C5H10N2O.ClH/c1-22-16-6-5-12(8-15(16)21)7-14(11-20)13-9-17(23-2)19(25-4)18(10-13)24-3;6-5(8)4-2-1-3-7-4;/h5-10H,21H2,1-4H3;4,7H,1-3H2,(H2,6,8);1H/b14-7-;;/t;4-;/m.0./s1. The average Bonchev–Trinajstić information content (AvgIpc) is 3.37. The van der Waals surface area contributed by atoms with E-state index in [0.29, 0.717) is 39.8 Å². The molecular formula is C24H31ClN4O5. The van der Waals surface area contributed by atoms with Crippen LogP contribution in [-0.4, -0.2) is 46.9 Å². The number of primary amides is 1. The molecule has 1 fully saturated rings. The maximum Gasteiger partial charge on any atom is 0.234 e. The number of nitrogens with two attached hydrogens (primary N) is 2. The van der Waals surface area contributed by atoms with Crippen molar-refractivity contribution in [3.8, 4) is 29.1 Å². The van der Waals surface area contributed by atoms with Crippen molar-refractivity contribution in [1.82, 2.24) is 5.32 Å². The number of carbonyl (C=O) groups excluding carboxylic acids is 1. The van der Waals surface area contributed by atoms with Crippen LogP contribution < -0.4 is 35.7 Å². The molecule has 1 aliphatic heterocycles. The molecule has 1 heterocycles. The van der Waals surface area contributed by atoms with E-state index in [-0.39, 0.29) is 24.4 Å². The Morgan fingerprint density at radius 2 is 1.68 bits per heavy atom. The molecule has 184 valence electrons. The van der Waals surface area contributed by atoms with E-state index in [1.165, 1.54) is 21.3 Å². The number of ether oxygens (including phenoxy) is 4. The first kappa shape index (κ1) is 28.4. The van der Waals surface area contributed by atoms with Gasteiger partial charge in [0.15, 0.2) is 11.5 Å². The van der Waals surface area contributed by atoms with Crippen molar-refractivity contribution in [1.29, 1.82) is 5.26 Å². The molecule has 0 spiro atoms. The number of nitrogens with one attached hydrogen (secondary N) is 1. The maximum absolute atomic E-state index is 10.4. The number of methoxy groups -OCH3 is 4. The molecule has 1 saturated heterocycles. The summed E-state index contributed by atoms with van der Waals surface area (Å²) in [4.78, 5) is 10.4. The second kappa shape index (κ2) is 13.8. The van der Waals surface area contributed by atoms with Crippen LogP contribution >= 0.6 is 12.4 Å². The smallest absolute Gasteiger partial charge is 0.234 e. The minimum atomic E-state index is -0.220. The fourth-order valence-corrected chi connectivity index (χ4v) is 3.35. The van der Waals surface area contributed by atoms with Crippen molar-refractivity contribution in [2.45, 2.75) is 18.9 Å². The minimum absolute atomic E-state index is 0. The highest BCUT2D eigenvalue weighted by Gasteiger charge is 2.18. The third-order valence-corrected chi connectivity index (χ3v) is 5.06. The Bertz CT molecular complexity index is 1020. The van der Waals surface area contributed by atoms with Crippen LogP contribution in [0.1, 0.15) is 24.0 Å². The number of benzene rings is 2. The number of rotatable bonds is 7. The second-order valence-electron chi connectivity index (χ2n) is 7.14. The molecule has 1 amide bonds. The van der Waals surface area contributed by atoms with Crippen LogP contribution in [0.15, 0.2) is 30.3 Å². The van der Waals surface area contributed by atoms with Crippen LogP contribution in [0, 0.1) is 11.3 Å². The van der Waals surface area contributed by atoms with Gasteiger partial charge < -0.3 is 35.7 Å². The highest BCUT2D eigenvalue weighted by atomic mass is 35.5. The van der Waals surface area contributed by atoms with Gasteiger partial charge in [-0.15, -0.1) is 12.4 Å². The summed E-state index contributed by atoms with van der Waals surface area (Å²) >= 11 is 0. The van der Waals surface area contributed by atoms with Gasteiger partial charge in [0.2, 0.25) is 11.7 Å². The molecule has 0 bridgehead atoms. The lowest BCUT2D eigenvalue weighted by molar-refractivity contribution is -0.119. The normalized spacial score (nSPS) is 14.6. The fourth-order valence-electron chi connectivity index (χ4n) is 3.35. The van der Waals surface area contributed by atoms with Gasteiger partial charge in [0.05, 0.1) is 51.8 Å². The second-order valence-corrected chi connectivity index (χ2v) is 7.14. The maximum atomic E-state index is 10.4. The number of hydrogen-bond donors (Lipinski definition) is 3. The van der Waals surface area contributed by atoms with E-state index in [2.05, 4.69) is 11.4 Å². The van der Waals surface area contributed by atoms with Gasteiger partial charge in [-0.3, -0.25) is 4.79 Å². The Labute approximate surface area is 206 Å². The Morgan fingerprint density at radius 3 is 2.06 bits per heavy atom. The number of anilines is 1. The molecule has 2 aromatic rings. The monoisotopic (exact) mass is 490 g/mol. The van der Waals surface area contributed by atoms with Gasteiger partial charge in [0.1, 0.15) is 5.75 Å². The number of nitrogen functional groups attached to an aromatic ring is 1. The first-order valence-electron chi connectivity index (χ1n) is 10.3. The zero-order valence-electron chi connectivity index (χ0n) is 19.7. The molecule has 0 saturated carbocycles. The number of nitrogens with zero attached hydrogens (tertiary/aromatic N) is 1. The van der Waals surface area contributed by atoms with E-state index in [4.69, 9.17) is 30.4 Å². The summed E-state index contributed by atoms with van der Waals surface area (Å²) in [6.45, 7) is 0.938. The minimum Gasteiger partial charge on any atom is -0.495 e. The molecule has 0 aromatic heterocycles. The molecule has 0 aliphatic carbocycles. The van der Waals surface area contributed by atoms with E-state index < -0.39 is 0 Å². The third kappa shape index (κ3) is 7.20. The zero-order valence-corrected chi connectivity index (χ0v) is 20.5. The average molecular weight is 491 g/mol.